The smallest absolute Gasteiger partial charge is 0.410 e. The molecule has 1 aliphatic heterocycles. The zero-order chi connectivity index (χ0) is 46.2. The summed E-state index contributed by atoms with van der Waals surface area (Å²) in [7, 11) is 0. The fourth-order valence-corrected chi connectivity index (χ4v) is 12.3. The molecule has 2 amide bonds. The van der Waals surface area contributed by atoms with E-state index in [4.69, 9.17) is 19.9 Å². The van der Waals surface area contributed by atoms with Crippen LogP contribution in [0.2, 0.25) is 0 Å². The van der Waals surface area contributed by atoms with Crippen molar-refractivity contribution in [3.05, 3.63) is 11.6 Å². The molecule has 364 valence electrons. The molecule has 4 aliphatic carbocycles. The molecular formula is C46H82N4O13. The molecule has 0 aromatic rings. The average Bonchev–Trinajstić information content (AvgIpc) is 3.62. The first-order valence-electron chi connectivity index (χ1n) is 23.9. The van der Waals surface area contributed by atoms with Crippen LogP contribution in [-0.4, -0.2) is 171 Å². The summed E-state index contributed by atoms with van der Waals surface area (Å²) in [6.45, 7) is 12.0. The van der Waals surface area contributed by atoms with Gasteiger partial charge in [0.1, 0.15) is 48.8 Å². The quantitative estimate of drug-likeness (QED) is 0.0529. The highest BCUT2D eigenvalue weighted by atomic mass is 16.7. The minimum atomic E-state index is -2.17. The molecule has 0 aromatic heterocycles. The molecule has 0 bridgehead atoms. The molecule has 4 fully saturated rings. The highest BCUT2D eigenvalue weighted by Gasteiger charge is 2.59. The third-order valence-electron chi connectivity index (χ3n) is 16.0. The molecule has 0 radical (unpaired) electrons. The van der Waals surface area contributed by atoms with Gasteiger partial charge in [-0.1, -0.05) is 65.5 Å². The zero-order valence-electron chi connectivity index (χ0n) is 38.4. The lowest BCUT2D eigenvalue weighted by Crippen LogP contribution is -2.62. The fourth-order valence-electron chi connectivity index (χ4n) is 12.3. The summed E-state index contributed by atoms with van der Waals surface area (Å²) in [5.74, 6) is 3.53. The number of aliphatic hydroxyl groups excluding tert-OH is 8. The van der Waals surface area contributed by atoms with Crippen LogP contribution in [0.15, 0.2) is 11.6 Å². The second-order valence-electron chi connectivity index (χ2n) is 20.3. The first kappa shape index (κ1) is 52.0. The van der Waals surface area contributed by atoms with Gasteiger partial charge in [-0.3, -0.25) is 4.79 Å². The van der Waals surface area contributed by atoms with Gasteiger partial charge < -0.3 is 76.3 Å². The Hall–Kier alpha value is -2.00. The van der Waals surface area contributed by atoms with E-state index in [0.29, 0.717) is 31.0 Å². The predicted octanol–water partition coefficient (Wildman–Crippen LogP) is 0.760. The van der Waals surface area contributed by atoms with Crippen LogP contribution in [0.25, 0.3) is 0 Å². The fraction of sp³-hybridized carbons (Fsp3) is 0.913. The Morgan fingerprint density at radius 2 is 1.68 bits per heavy atom. The number of amides is 2. The van der Waals surface area contributed by atoms with Gasteiger partial charge in [-0.15, -0.1) is 0 Å². The Bertz CT molecular complexity index is 1490. The van der Waals surface area contributed by atoms with Crippen LogP contribution in [0, 0.1) is 46.3 Å². The molecule has 17 heteroatoms. The van der Waals surface area contributed by atoms with Gasteiger partial charge in [-0.25, -0.2) is 4.79 Å². The van der Waals surface area contributed by atoms with Crippen molar-refractivity contribution < 1.29 is 64.7 Å². The lowest BCUT2D eigenvalue weighted by molar-refractivity contribution is -0.326. The molecule has 12 N–H and O–H groups in total. The lowest BCUT2D eigenvalue weighted by Gasteiger charge is -2.58. The molecule has 0 spiro atoms. The van der Waals surface area contributed by atoms with Crippen LogP contribution in [-0.2, 0) is 19.0 Å². The first-order chi connectivity index (χ1) is 29.9. The highest BCUT2D eigenvalue weighted by Crippen LogP contribution is 2.67. The number of nitrogens with zero attached hydrogens (tertiary/aromatic N) is 1. The molecule has 1 saturated heterocycles. The Morgan fingerprint density at radius 3 is 2.37 bits per heavy atom. The average molecular weight is 899 g/mol. The van der Waals surface area contributed by atoms with Gasteiger partial charge in [0.25, 0.3) is 5.91 Å². The summed E-state index contributed by atoms with van der Waals surface area (Å²) in [6.07, 6.45) is -1.72. The number of allylic oxidation sites excluding steroid dienone is 1. The molecule has 8 unspecified atom stereocenters. The maximum atomic E-state index is 13.5. The Labute approximate surface area is 374 Å². The van der Waals surface area contributed by atoms with E-state index < -0.39 is 80.3 Å². The van der Waals surface area contributed by atoms with Crippen molar-refractivity contribution in [2.24, 2.45) is 52.1 Å². The molecule has 17 atom stereocenters. The SMILES string of the molecule is CC(C)CCC[C@@H](C)[C@H]1CC[C@H]2[C@@H]3CC=C4CC(OC(=O)N(CCN)CCNCCNC(=O)C(O)C(O)C(O[C@@H]5OC(CO)[C@H](O)C(O)C5O)C(O)CO)CC[C@]4(C)[C@H]3CC[C@]12C. The summed E-state index contributed by atoms with van der Waals surface area (Å²) in [4.78, 5) is 27.8. The number of aliphatic hydroxyl groups is 8. The number of fused-ring (bicyclic) bond motifs is 5. The molecular weight excluding hydrogens is 817 g/mol. The lowest BCUT2D eigenvalue weighted by atomic mass is 9.47. The van der Waals surface area contributed by atoms with Crippen LogP contribution in [0.1, 0.15) is 105 Å². The van der Waals surface area contributed by atoms with E-state index in [-0.39, 0.29) is 31.2 Å². The van der Waals surface area contributed by atoms with E-state index in [1.54, 1.807) is 4.90 Å². The summed E-state index contributed by atoms with van der Waals surface area (Å²) < 4.78 is 16.7. The van der Waals surface area contributed by atoms with Gasteiger partial charge in [0.15, 0.2) is 12.4 Å². The number of hydrogen-bond donors (Lipinski definition) is 11. The van der Waals surface area contributed by atoms with E-state index in [0.717, 1.165) is 55.3 Å². The molecule has 5 aliphatic rings. The van der Waals surface area contributed by atoms with E-state index in [1.165, 1.54) is 50.5 Å². The van der Waals surface area contributed by atoms with E-state index in [2.05, 4.69) is 51.3 Å². The number of ether oxygens (including phenoxy) is 3. The van der Waals surface area contributed by atoms with Gasteiger partial charge in [-0.05, 0) is 91.3 Å². The van der Waals surface area contributed by atoms with Gasteiger partial charge in [0.05, 0.1) is 13.2 Å². The number of carbonyl (C=O) groups excluding carboxylic acids is 2. The van der Waals surface area contributed by atoms with Crippen LogP contribution in [0.3, 0.4) is 0 Å². The van der Waals surface area contributed by atoms with Crippen molar-refractivity contribution in [2.75, 3.05) is 52.5 Å². The van der Waals surface area contributed by atoms with E-state index in [1.807, 2.05) is 0 Å². The van der Waals surface area contributed by atoms with Crippen molar-refractivity contribution in [3.63, 3.8) is 0 Å². The van der Waals surface area contributed by atoms with Crippen LogP contribution in [0.4, 0.5) is 4.79 Å². The van der Waals surface area contributed by atoms with Gasteiger partial charge in [0.2, 0.25) is 0 Å². The number of hydrogen-bond acceptors (Lipinski definition) is 15. The first-order valence-corrected chi connectivity index (χ1v) is 23.9. The van der Waals surface area contributed by atoms with Crippen molar-refractivity contribution >= 4 is 12.0 Å². The third kappa shape index (κ3) is 11.9. The second kappa shape index (κ2) is 23.1. The Morgan fingerprint density at radius 1 is 0.937 bits per heavy atom. The predicted molar refractivity (Wildman–Crippen MR) is 234 cm³/mol. The topological polar surface area (TPSA) is 277 Å². The number of nitrogens with two attached hydrogens (primary N) is 1. The Balaban J connectivity index is 1.05. The maximum absolute atomic E-state index is 13.5. The molecule has 1 heterocycles. The van der Waals surface area contributed by atoms with Gasteiger partial charge >= 0.3 is 6.09 Å². The van der Waals surface area contributed by atoms with Crippen LogP contribution >= 0.6 is 0 Å². The molecule has 0 aromatic carbocycles. The van der Waals surface area contributed by atoms with Crippen molar-refractivity contribution in [1.82, 2.24) is 15.5 Å². The minimum absolute atomic E-state index is 0.000669. The highest BCUT2D eigenvalue weighted by molar-refractivity contribution is 5.81. The molecule has 3 saturated carbocycles. The van der Waals surface area contributed by atoms with Gasteiger partial charge in [0, 0.05) is 45.7 Å². The summed E-state index contributed by atoms with van der Waals surface area (Å²) in [5, 5.41) is 86.6. The normalized spacial score (nSPS) is 36.5. The third-order valence-corrected chi connectivity index (χ3v) is 16.0. The summed E-state index contributed by atoms with van der Waals surface area (Å²) in [5.41, 5.74) is 7.92. The monoisotopic (exact) mass is 899 g/mol. The number of carbonyl (C=O) groups is 2. The van der Waals surface area contributed by atoms with Crippen molar-refractivity contribution in [3.8, 4) is 0 Å². The molecule has 5 rings (SSSR count). The summed E-state index contributed by atoms with van der Waals surface area (Å²) in [6, 6.07) is 0. The van der Waals surface area contributed by atoms with Crippen LogP contribution < -0.4 is 16.4 Å². The standard InChI is InChI=1S/C46H82N4O13/c1-26(2)7-6-8-27(3)31-11-12-32-30-10-9-28-23-29(13-15-45(28,4)33(30)14-16-46(31,32)5)61-44(60)50(21-17-47)22-20-48-18-19-49-42(59)39(57)38(56)41(34(53)24-51)63-43-40(58)37(55)36(54)35(25-52)62-43/h9,26-27,29-41,43,48,51-58H,6-8,10-25,47H2,1-5H3,(H,49,59)/t27-,29?,30+,31-,32+,33+,34?,35?,36+,37?,38?,39?,40?,41?,43+,45+,46-/m1/s1. The minimum Gasteiger partial charge on any atom is -0.446 e. The van der Waals surface area contributed by atoms with Crippen LogP contribution in [0.5, 0.6) is 0 Å². The van der Waals surface area contributed by atoms with E-state index >= 15 is 0 Å². The summed E-state index contributed by atoms with van der Waals surface area (Å²) >= 11 is 0. The van der Waals surface area contributed by atoms with E-state index in [9.17, 15) is 50.4 Å². The number of rotatable bonds is 22. The largest absolute Gasteiger partial charge is 0.446 e. The molecule has 17 nitrogen and oxygen atoms in total. The Kier molecular flexibility index (Phi) is 19.1. The van der Waals surface area contributed by atoms with Gasteiger partial charge in [-0.2, -0.15) is 0 Å². The molecule has 63 heavy (non-hydrogen) atoms. The van der Waals surface area contributed by atoms with Crippen molar-refractivity contribution in [1.29, 1.82) is 0 Å². The zero-order valence-corrected chi connectivity index (χ0v) is 38.4. The van der Waals surface area contributed by atoms with Crippen molar-refractivity contribution in [2.45, 2.75) is 166 Å². The second-order valence-corrected chi connectivity index (χ2v) is 20.3. The maximum Gasteiger partial charge on any atom is 0.410 e. The number of nitrogens with one attached hydrogen (secondary N) is 2.